The SMILES string of the molecule is Cc1cc(C)c(NC(=O)CSc2ccc(F)cc2F)c(C)c1. The number of benzene rings is 2. The summed E-state index contributed by atoms with van der Waals surface area (Å²) < 4.78 is 26.3. The second-order valence-corrected chi connectivity index (χ2v) is 6.20. The molecule has 0 radical (unpaired) electrons. The van der Waals surface area contributed by atoms with E-state index in [1.54, 1.807) is 0 Å². The molecule has 0 saturated carbocycles. The van der Waals surface area contributed by atoms with Gasteiger partial charge in [0.15, 0.2) is 0 Å². The predicted molar refractivity (Wildman–Crippen MR) is 86.4 cm³/mol. The van der Waals surface area contributed by atoms with Gasteiger partial charge >= 0.3 is 0 Å². The average Bonchev–Trinajstić information content (AvgIpc) is 2.42. The van der Waals surface area contributed by atoms with Crippen molar-refractivity contribution < 1.29 is 13.6 Å². The lowest BCUT2D eigenvalue weighted by atomic mass is 10.1. The van der Waals surface area contributed by atoms with Crippen molar-refractivity contribution in [2.75, 3.05) is 11.1 Å². The van der Waals surface area contributed by atoms with Gasteiger partial charge in [0.25, 0.3) is 0 Å². The summed E-state index contributed by atoms with van der Waals surface area (Å²) in [6.07, 6.45) is 0. The maximum atomic E-state index is 13.5. The fourth-order valence-electron chi connectivity index (χ4n) is 2.29. The molecule has 5 heteroatoms. The number of hydrogen-bond donors (Lipinski definition) is 1. The van der Waals surface area contributed by atoms with Gasteiger partial charge in [0, 0.05) is 16.6 Å². The van der Waals surface area contributed by atoms with Gasteiger partial charge < -0.3 is 5.32 Å². The Morgan fingerprint density at radius 2 is 1.73 bits per heavy atom. The third-order valence-electron chi connectivity index (χ3n) is 3.19. The normalized spacial score (nSPS) is 10.6. The molecule has 0 aliphatic carbocycles. The van der Waals surface area contributed by atoms with Gasteiger partial charge in [-0.3, -0.25) is 4.79 Å². The standard InChI is InChI=1S/C17H17F2NOS/c1-10-6-11(2)17(12(3)7-10)20-16(21)9-22-15-5-4-13(18)8-14(15)19/h4-8H,9H2,1-3H3,(H,20,21). The molecular formula is C17H17F2NOS. The van der Waals surface area contributed by atoms with Gasteiger partial charge in [-0.2, -0.15) is 0 Å². The number of amides is 1. The molecule has 0 aromatic heterocycles. The minimum atomic E-state index is -0.652. The van der Waals surface area contributed by atoms with Crippen LogP contribution in [0.15, 0.2) is 35.2 Å². The van der Waals surface area contributed by atoms with Crippen LogP contribution in [-0.2, 0) is 4.79 Å². The lowest BCUT2D eigenvalue weighted by molar-refractivity contribution is -0.113. The van der Waals surface area contributed by atoms with Gasteiger partial charge in [0.05, 0.1) is 5.75 Å². The van der Waals surface area contributed by atoms with E-state index in [2.05, 4.69) is 5.32 Å². The third kappa shape index (κ3) is 4.07. The smallest absolute Gasteiger partial charge is 0.234 e. The second-order valence-electron chi connectivity index (χ2n) is 5.19. The van der Waals surface area contributed by atoms with E-state index < -0.39 is 11.6 Å². The molecule has 0 aliphatic heterocycles. The van der Waals surface area contributed by atoms with Gasteiger partial charge in [-0.1, -0.05) is 17.7 Å². The Morgan fingerprint density at radius 1 is 1.09 bits per heavy atom. The van der Waals surface area contributed by atoms with Crippen molar-refractivity contribution in [1.29, 1.82) is 0 Å². The highest BCUT2D eigenvalue weighted by Gasteiger charge is 2.11. The lowest BCUT2D eigenvalue weighted by Crippen LogP contribution is -2.16. The van der Waals surface area contributed by atoms with E-state index in [1.807, 2.05) is 32.9 Å². The van der Waals surface area contributed by atoms with E-state index >= 15 is 0 Å². The molecule has 0 aliphatic rings. The molecule has 0 spiro atoms. The summed E-state index contributed by atoms with van der Waals surface area (Å²) in [5, 5.41) is 2.85. The number of rotatable bonds is 4. The van der Waals surface area contributed by atoms with Crippen LogP contribution < -0.4 is 5.32 Å². The maximum Gasteiger partial charge on any atom is 0.234 e. The lowest BCUT2D eigenvalue weighted by Gasteiger charge is -2.12. The van der Waals surface area contributed by atoms with Gasteiger partial charge in [-0.15, -0.1) is 11.8 Å². The molecule has 1 amide bonds. The van der Waals surface area contributed by atoms with Gasteiger partial charge in [0.1, 0.15) is 11.6 Å². The van der Waals surface area contributed by atoms with E-state index in [0.717, 1.165) is 40.2 Å². The van der Waals surface area contributed by atoms with E-state index in [-0.39, 0.29) is 16.6 Å². The highest BCUT2D eigenvalue weighted by atomic mass is 32.2. The third-order valence-corrected chi connectivity index (χ3v) is 4.24. The van der Waals surface area contributed by atoms with E-state index in [9.17, 15) is 13.6 Å². The number of nitrogens with one attached hydrogen (secondary N) is 1. The maximum absolute atomic E-state index is 13.5. The molecule has 0 saturated heterocycles. The molecule has 0 bridgehead atoms. The van der Waals surface area contributed by atoms with Crippen molar-refractivity contribution in [3.8, 4) is 0 Å². The minimum Gasteiger partial charge on any atom is -0.325 e. The first-order valence-electron chi connectivity index (χ1n) is 6.82. The number of aryl methyl sites for hydroxylation is 3. The van der Waals surface area contributed by atoms with Crippen LogP contribution in [0.1, 0.15) is 16.7 Å². The number of hydrogen-bond acceptors (Lipinski definition) is 2. The van der Waals surface area contributed by atoms with Crippen molar-refractivity contribution in [2.45, 2.75) is 25.7 Å². The first-order valence-corrected chi connectivity index (χ1v) is 7.81. The zero-order valence-electron chi connectivity index (χ0n) is 12.7. The van der Waals surface area contributed by atoms with Crippen molar-refractivity contribution in [1.82, 2.24) is 0 Å². The Labute approximate surface area is 132 Å². The first kappa shape index (κ1) is 16.5. The molecule has 0 atom stereocenters. The number of carbonyl (C=O) groups is 1. The van der Waals surface area contributed by atoms with Crippen LogP contribution >= 0.6 is 11.8 Å². The number of carbonyl (C=O) groups excluding carboxylic acids is 1. The molecule has 0 fully saturated rings. The highest BCUT2D eigenvalue weighted by Crippen LogP contribution is 2.25. The van der Waals surface area contributed by atoms with Crippen LogP contribution in [0.3, 0.4) is 0 Å². The van der Waals surface area contributed by atoms with Crippen molar-refractivity contribution in [3.05, 3.63) is 58.7 Å². The van der Waals surface area contributed by atoms with Crippen LogP contribution in [0, 0.1) is 32.4 Å². The van der Waals surface area contributed by atoms with Crippen LogP contribution in [-0.4, -0.2) is 11.7 Å². The van der Waals surface area contributed by atoms with Crippen LogP contribution in [0.5, 0.6) is 0 Å². The monoisotopic (exact) mass is 321 g/mol. The summed E-state index contributed by atoms with van der Waals surface area (Å²) in [7, 11) is 0. The summed E-state index contributed by atoms with van der Waals surface area (Å²) in [6, 6.07) is 7.32. The first-order chi connectivity index (χ1) is 10.4. The molecule has 2 rings (SSSR count). The molecule has 0 unspecified atom stereocenters. The summed E-state index contributed by atoms with van der Waals surface area (Å²) in [5.41, 5.74) is 3.90. The topological polar surface area (TPSA) is 29.1 Å². The zero-order valence-corrected chi connectivity index (χ0v) is 13.5. The molecule has 2 aromatic rings. The minimum absolute atomic E-state index is 0.0648. The Balaban J connectivity index is 2.02. The fraction of sp³-hybridized carbons (Fsp3) is 0.235. The van der Waals surface area contributed by atoms with E-state index in [1.165, 1.54) is 12.1 Å². The zero-order chi connectivity index (χ0) is 16.3. The summed E-state index contributed by atoms with van der Waals surface area (Å²) >= 11 is 1.04. The Bertz CT molecular complexity index is 693. The van der Waals surface area contributed by atoms with Crippen molar-refractivity contribution in [2.24, 2.45) is 0 Å². The second kappa shape index (κ2) is 6.92. The van der Waals surface area contributed by atoms with E-state index in [4.69, 9.17) is 0 Å². The number of thioether (sulfide) groups is 1. The van der Waals surface area contributed by atoms with E-state index in [0.29, 0.717) is 0 Å². The predicted octanol–water partition coefficient (Wildman–Crippen LogP) is 4.62. The Morgan fingerprint density at radius 3 is 2.32 bits per heavy atom. The van der Waals surface area contributed by atoms with Crippen molar-refractivity contribution in [3.63, 3.8) is 0 Å². The average molecular weight is 321 g/mol. The molecule has 2 aromatic carbocycles. The van der Waals surface area contributed by atoms with Crippen LogP contribution in [0.2, 0.25) is 0 Å². The fourth-order valence-corrected chi connectivity index (χ4v) is 3.01. The Hall–Kier alpha value is -1.88. The molecule has 116 valence electrons. The van der Waals surface area contributed by atoms with Gasteiger partial charge in [-0.25, -0.2) is 8.78 Å². The number of halogens is 2. The summed E-state index contributed by atoms with van der Waals surface area (Å²) in [6.45, 7) is 5.86. The molecule has 22 heavy (non-hydrogen) atoms. The highest BCUT2D eigenvalue weighted by molar-refractivity contribution is 8.00. The quantitative estimate of drug-likeness (QED) is 0.833. The molecular weight excluding hydrogens is 304 g/mol. The number of anilines is 1. The molecule has 2 nitrogen and oxygen atoms in total. The summed E-state index contributed by atoms with van der Waals surface area (Å²) in [5.74, 6) is -1.43. The van der Waals surface area contributed by atoms with Crippen molar-refractivity contribution >= 4 is 23.4 Å². The molecule has 0 heterocycles. The Kier molecular flexibility index (Phi) is 5.19. The van der Waals surface area contributed by atoms with Crippen LogP contribution in [0.4, 0.5) is 14.5 Å². The largest absolute Gasteiger partial charge is 0.325 e. The summed E-state index contributed by atoms with van der Waals surface area (Å²) in [4.78, 5) is 12.3. The van der Waals surface area contributed by atoms with Gasteiger partial charge in [0.2, 0.25) is 5.91 Å². The van der Waals surface area contributed by atoms with Gasteiger partial charge in [-0.05, 0) is 44.0 Å². The molecule has 1 N–H and O–H groups in total. The van der Waals surface area contributed by atoms with Crippen LogP contribution in [0.25, 0.3) is 0 Å².